The molecule has 0 aliphatic carbocycles. The zero-order valence-electron chi connectivity index (χ0n) is 11.1. The molecule has 0 bridgehead atoms. The Hall–Kier alpha value is -0.760. The Morgan fingerprint density at radius 1 is 1.20 bits per heavy atom. The zero-order chi connectivity index (χ0) is 14.6. The molecule has 1 heterocycles. The average molecular weight is 306 g/mol. The molecule has 1 aliphatic rings. The molecule has 3 nitrogen and oxygen atoms in total. The van der Waals surface area contributed by atoms with Crippen molar-refractivity contribution in [2.45, 2.75) is 19.1 Å². The number of aryl methyl sites for hydroxylation is 1. The van der Waals surface area contributed by atoms with Crippen LogP contribution in [-0.2, 0) is 4.74 Å². The number of alkyl halides is 3. The van der Waals surface area contributed by atoms with E-state index in [9.17, 15) is 13.2 Å². The molecule has 7 heteroatoms. The maximum Gasteiger partial charge on any atom is 0.408 e. The smallest absolute Gasteiger partial charge is 0.379 e. The molecule has 1 unspecified atom stereocenters. The minimum absolute atomic E-state index is 0.226. The predicted octanol–water partition coefficient (Wildman–Crippen LogP) is 3.08. The lowest BCUT2D eigenvalue weighted by Gasteiger charge is -2.28. The van der Waals surface area contributed by atoms with Crippen LogP contribution in [-0.4, -0.2) is 36.8 Å². The van der Waals surface area contributed by atoms with Gasteiger partial charge in [-0.3, -0.25) is 0 Å². The summed E-state index contributed by atoms with van der Waals surface area (Å²) in [6.07, 6.45) is -4.32. The molecule has 1 aromatic rings. The number of nitrogens with one attached hydrogen (secondary N) is 1. The number of benzene rings is 1. The minimum Gasteiger partial charge on any atom is -0.379 e. The third kappa shape index (κ3) is 4.37. The summed E-state index contributed by atoms with van der Waals surface area (Å²) in [6, 6.07) is 4.74. The van der Waals surface area contributed by atoms with Gasteiger partial charge in [0.2, 0.25) is 0 Å². The van der Waals surface area contributed by atoms with E-state index in [1.54, 1.807) is 12.1 Å². The van der Waals surface area contributed by atoms with E-state index in [1.165, 1.54) is 12.1 Å². The number of rotatable bonds is 4. The summed E-state index contributed by atoms with van der Waals surface area (Å²) in [4.78, 5) is 0. The summed E-state index contributed by atoms with van der Waals surface area (Å²) in [5.41, 5.74) is 1.17. The van der Waals surface area contributed by atoms with Gasteiger partial charge in [-0.05, 0) is 12.5 Å². The van der Waals surface area contributed by atoms with Crippen LogP contribution >= 0.6 is 12.1 Å². The molecular formula is C13H17F3N2OS. The number of hydrogen-bond acceptors (Lipinski definition) is 4. The molecule has 1 aromatic carbocycles. The van der Waals surface area contributed by atoms with Crippen molar-refractivity contribution < 1.29 is 17.9 Å². The number of hydrogen-bond donors (Lipinski definition) is 1. The number of ether oxygens (including phenoxy) is 1. The summed E-state index contributed by atoms with van der Waals surface area (Å²) in [5, 5.41) is 0. The molecule has 1 saturated heterocycles. The highest BCUT2D eigenvalue weighted by molar-refractivity contribution is 7.95. The van der Waals surface area contributed by atoms with Crippen LogP contribution in [0.2, 0.25) is 0 Å². The molecule has 1 N–H and O–H groups in total. The van der Waals surface area contributed by atoms with Crippen molar-refractivity contribution in [3.63, 3.8) is 0 Å². The Morgan fingerprint density at radius 3 is 2.35 bits per heavy atom. The fourth-order valence-corrected chi connectivity index (χ4v) is 2.70. The highest BCUT2D eigenvalue weighted by Crippen LogP contribution is 2.34. The lowest BCUT2D eigenvalue weighted by molar-refractivity contribution is -0.152. The van der Waals surface area contributed by atoms with Crippen LogP contribution in [0.1, 0.15) is 17.2 Å². The van der Waals surface area contributed by atoms with Crippen molar-refractivity contribution >= 4 is 12.1 Å². The molecule has 0 spiro atoms. The van der Waals surface area contributed by atoms with Crippen molar-refractivity contribution in [1.29, 1.82) is 0 Å². The molecule has 2 rings (SSSR count). The lowest BCUT2D eigenvalue weighted by atomic mass is 10.1. The second-order valence-electron chi connectivity index (χ2n) is 4.64. The first-order chi connectivity index (χ1) is 9.47. The van der Waals surface area contributed by atoms with Crippen LogP contribution < -0.4 is 4.72 Å². The Labute approximate surface area is 120 Å². The van der Waals surface area contributed by atoms with Crippen LogP contribution in [0.3, 0.4) is 0 Å². The van der Waals surface area contributed by atoms with E-state index in [1.807, 2.05) is 11.2 Å². The number of nitrogens with zero attached hydrogens (tertiary/aromatic N) is 1. The Bertz CT molecular complexity index is 419. The van der Waals surface area contributed by atoms with E-state index >= 15 is 0 Å². The molecule has 0 saturated carbocycles. The molecule has 1 atom stereocenters. The third-order valence-corrected chi connectivity index (χ3v) is 3.97. The summed E-state index contributed by atoms with van der Waals surface area (Å²) in [6.45, 7) is 4.19. The highest BCUT2D eigenvalue weighted by Gasteiger charge is 2.41. The van der Waals surface area contributed by atoms with E-state index in [2.05, 4.69) is 4.72 Å². The summed E-state index contributed by atoms with van der Waals surface area (Å²) in [7, 11) is 0. The molecule has 0 amide bonds. The molecule has 1 fully saturated rings. The normalized spacial score (nSPS) is 19.0. The van der Waals surface area contributed by atoms with Gasteiger partial charge in [-0.2, -0.15) is 13.2 Å². The van der Waals surface area contributed by atoms with Crippen molar-refractivity contribution in [2.75, 3.05) is 26.3 Å². The SMILES string of the molecule is Cc1ccc(C(NSN2CCOCC2)C(F)(F)F)cc1. The van der Waals surface area contributed by atoms with E-state index < -0.39 is 12.2 Å². The van der Waals surface area contributed by atoms with Gasteiger partial charge in [0.15, 0.2) is 0 Å². The van der Waals surface area contributed by atoms with Gasteiger partial charge < -0.3 is 4.74 Å². The Morgan fingerprint density at radius 2 is 1.80 bits per heavy atom. The summed E-state index contributed by atoms with van der Waals surface area (Å²) in [5.74, 6) is 0. The van der Waals surface area contributed by atoms with Gasteiger partial charge in [-0.25, -0.2) is 9.03 Å². The Kier molecular flexibility index (Phi) is 5.31. The maximum absolute atomic E-state index is 13.1. The van der Waals surface area contributed by atoms with Crippen LogP contribution in [0.25, 0.3) is 0 Å². The molecule has 20 heavy (non-hydrogen) atoms. The van der Waals surface area contributed by atoms with Crippen molar-refractivity contribution in [2.24, 2.45) is 0 Å². The second-order valence-corrected chi connectivity index (χ2v) is 5.57. The topological polar surface area (TPSA) is 24.5 Å². The minimum atomic E-state index is -4.32. The van der Waals surface area contributed by atoms with E-state index in [0.717, 1.165) is 17.7 Å². The molecule has 1 aliphatic heterocycles. The first-order valence-corrected chi connectivity index (χ1v) is 7.12. The van der Waals surface area contributed by atoms with Gasteiger partial charge >= 0.3 is 6.18 Å². The maximum atomic E-state index is 13.1. The number of halogens is 3. The van der Waals surface area contributed by atoms with Crippen LogP contribution in [0.15, 0.2) is 24.3 Å². The third-order valence-electron chi connectivity index (χ3n) is 3.01. The first kappa shape index (κ1) is 15.6. The van der Waals surface area contributed by atoms with Gasteiger partial charge in [-0.1, -0.05) is 29.8 Å². The summed E-state index contributed by atoms with van der Waals surface area (Å²) >= 11 is 1.01. The van der Waals surface area contributed by atoms with Gasteiger partial charge in [0, 0.05) is 25.2 Å². The van der Waals surface area contributed by atoms with Gasteiger partial charge in [-0.15, -0.1) is 0 Å². The quantitative estimate of drug-likeness (QED) is 0.864. The van der Waals surface area contributed by atoms with E-state index in [-0.39, 0.29) is 5.56 Å². The zero-order valence-corrected chi connectivity index (χ0v) is 11.9. The number of morpholine rings is 1. The fraction of sp³-hybridized carbons (Fsp3) is 0.538. The van der Waals surface area contributed by atoms with Crippen molar-refractivity contribution in [3.05, 3.63) is 35.4 Å². The monoisotopic (exact) mass is 306 g/mol. The molecule has 0 radical (unpaired) electrons. The first-order valence-electron chi connectivity index (χ1n) is 6.35. The Balaban J connectivity index is 2.02. The van der Waals surface area contributed by atoms with Gasteiger partial charge in [0.25, 0.3) is 0 Å². The summed E-state index contributed by atoms with van der Waals surface area (Å²) < 4.78 is 49.0. The highest BCUT2D eigenvalue weighted by atomic mass is 32.2. The van der Waals surface area contributed by atoms with E-state index in [0.29, 0.717) is 26.3 Å². The lowest BCUT2D eigenvalue weighted by Crippen LogP contribution is -2.37. The van der Waals surface area contributed by atoms with Gasteiger partial charge in [0.05, 0.1) is 13.2 Å². The second kappa shape index (κ2) is 6.80. The molecule has 0 aromatic heterocycles. The van der Waals surface area contributed by atoms with E-state index in [4.69, 9.17) is 4.74 Å². The standard InChI is InChI=1S/C13H17F3N2OS/c1-10-2-4-11(5-3-10)12(13(14,15)16)17-20-18-6-8-19-9-7-18/h2-5,12,17H,6-9H2,1H3. The molecular weight excluding hydrogens is 289 g/mol. The van der Waals surface area contributed by atoms with Crippen LogP contribution in [0.4, 0.5) is 13.2 Å². The molecule has 112 valence electrons. The van der Waals surface area contributed by atoms with Crippen LogP contribution in [0, 0.1) is 6.92 Å². The van der Waals surface area contributed by atoms with Crippen molar-refractivity contribution in [3.8, 4) is 0 Å². The van der Waals surface area contributed by atoms with Crippen LogP contribution in [0.5, 0.6) is 0 Å². The fourth-order valence-electron chi connectivity index (χ4n) is 1.85. The average Bonchev–Trinajstić information content (AvgIpc) is 2.41. The van der Waals surface area contributed by atoms with Crippen molar-refractivity contribution in [1.82, 2.24) is 9.03 Å². The largest absolute Gasteiger partial charge is 0.408 e. The van der Waals surface area contributed by atoms with Gasteiger partial charge in [0.1, 0.15) is 6.04 Å². The predicted molar refractivity (Wildman–Crippen MR) is 73.1 cm³/mol.